The number of carbonyl (C=O) groups is 1. The molecule has 2 rings (SSSR count). The molecule has 1 amide bonds. The molecule has 0 saturated heterocycles. The average Bonchev–Trinajstić information content (AvgIpc) is 2.85. The zero-order valence-electron chi connectivity index (χ0n) is 12.0. The van der Waals surface area contributed by atoms with Gasteiger partial charge in [-0.3, -0.25) is 4.79 Å². The predicted molar refractivity (Wildman–Crippen MR) is 72.8 cm³/mol. The van der Waals surface area contributed by atoms with E-state index in [1.54, 1.807) is 4.90 Å². The van der Waals surface area contributed by atoms with Crippen molar-refractivity contribution in [2.75, 3.05) is 20.2 Å². The summed E-state index contributed by atoms with van der Waals surface area (Å²) in [5.41, 5.74) is 0. The van der Waals surface area contributed by atoms with Crippen LogP contribution < -0.4 is 0 Å². The van der Waals surface area contributed by atoms with Crippen molar-refractivity contribution < 1.29 is 9.53 Å². The van der Waals surface area contributed by atoms with Gasteiger partial charge >= 0.3 is 0 Å². The summed E-state index contributed by atoms with van der Waals surface area (Å²) in [6, 6.07) is 0. The van der Waals surface area contributed by atoms with Crippen molar-refractivity contribution in [1.82, 2.24) is 14.5 Å². The molecule has 1 aromatic heterocycles. The highest BCUT2D eigenvalue weighted by atomic mass is 16.5. The SMILES string of the molecule is CCOC(C)C(=O)N(C)CC1CCc2nccn2C1. The Hall–Kier alpha value is -1.36. The number of carbonyl (C=O) groups excluding carboxylic acids is 1. The molecule has 19 heavy (non-hydrogen) atoms. The second-order valence-electron chi connectivity index (χ2n) is 5.22. The smallest absolute Gasteiger partial charge is 0.251 e. The summed E-state index contributed by atoms with van der Waals surface area (Å²) in [7, 11) is 1.86. The van der Waals surface area contributed by atoms with Gasteiger partial charge in [-0.05, 0) is 26.2 Å². The molecule has 5 heteroatoms. The molecule has 2 atom stereocenters. The summed E-state index contributed by atoms with van der Waals surface area (Å²) in [6.45, 7) is 6.04. The van der Waals surface area contributed by atoms with Crippen LogP contribution in [0.1, 0.15) is 26.1 Å². The molecule has 5 nitrogen and oxygen atoms in total. The Balaban J connectivity index is 1.86. The molecule has 0 fully saturated rings. The van der Waals surface area contributed by atoms with Gasteiger partial charge in [-0.15, -0.1) is 0 Å². The first-order chi connectivity index (χ1) is 9.11. The fraction of sp³-hybridized carbons (Fsp3) is 0.714. The van der Waals surface area contributed by atoms with Gasteiger partial charge in [0.15, 0.2) is 0 Å². The molecule has 0 bridgehead atoms. The number of imidazole rings is 1. The number of nitrogens with zero attached hydrogens (tertiary/aromatic N) is 3. The standard InChI is InChI=1S/C14H23N3O2/c1-4-19-11(2)14(18)16(3)9-12-5-6-13-15-7-8-17(13)10-12/h7-8,11-12H,4-6,9-10H2,1-3H3. The van der Waals surface area contributed by atoms with E-state index in [0.717, 1.165) is 31.8 Å². The molecule has 0 aliphatic carbocycles. The monoisotopic (exact) mass is 265 g/mol. The van der Waals surface area contributed by atoms with Gasteiger partial charge in [0.1, 0.15) is 11.9 Å². The van der Waals surface area contributed by atoms with Crippen LogP contribution in [0.15, 0.2) is 12.4 Å². The van der Waals surface area contributed by atoms with E-state index >= 15 is 0 Å². The van der Waals surface area contributed by atoms with Crippen LogP contribution in [0.4, 0.5) is 0 Å². The summed E-state index contributed by atoms with van der Waals surface area (Å²) < 4.78 is 7.54. The molecular formula is C14H23N3O2. The minimum absolute atomic E-state index is 0.0679. The van der Waals surface area contributed by atoms with Gasteiger partial charge in [-0.1, -0.05) is 0 Å². The summed E-state index contributed by atoms with van der Waals surface area (Å²) in [4.78, 5) is 18.2. The summed E-state index contributed by atoms with van der Waals surface area (Å²) in [5, 5.41) is 0. The van der Waals surface area contributed by atoms with Crippen molar-refractivity contribution in [2.24, 2.45) is 5.92 Å². The van der Waals surface area contributed by atoms with Crippen molar-refractivity contribution in [2.45, 2.75) is 39.3 Å². The predicted octanol–water partition coefficient (Wildman–Crippen LogP) is 1.33. The largest absolute Gasteiger partial charge is 0.369 e. The van der Waals surface area contributed by atoms with Gasteiger partial charge in [-0.25, -0.2) is 4.98 Å². The zero-order valence-corrected chi connectivity index (χ0v) is 12.0. The molecule has 1 aliphatic heterocycles. The lowest BCUT2D eigenvalue weighted by Gasteiger charge is -2.29. The topological polar surface area (TPSA) is 47.4 Å². The van der Waals surface area contributed by atoms with E-state index in [9.17, 15) is 4.79 Å². The molecule has 0 saturated carbocycles. The molecule has 0 spiro atoms. The van der Waals surface area contributed by atoms with E-state index in [2.05, 4.69) is 9.55 Å². The Kier molecular flexibility index (Phi) is 4.58. The Morgan fingerprint density at radius 2 is 2.47 bits per heavy atom. The maximum atomic E-state index is 12.1. The lowest BCUT2D eigenvalue weighted by Crippen LogP contribution is -2.40. The van der Waals surface area contributed by atoms with Crippen molar-refractivity contribution >= 4 is 5.91 Å². The van der Waals surface area contributed by atoms with E-state index in [-0.39, 0.29) is 12.0 Å². The lowest BCUT2D eigenvalue weighted by molar-refractivity contribution is -0.141. The van der Waals surface area contributed by atoms with Gasteiger partial charge in [0.05, 0.1) is 0 Å². The van der Waals surface area contributed by atoms with Crippen molar-refractivity contribution in [3.8, 4) is 0 Å². The molecule has 1 aliphatic rings. The number of amides is 1. The first-order valence-corrected chi connectivity index (χ1v) is 6.98. The number of aromatic nitrogens is 2. The van der Waals surface area contributed by atoms with Crippen molar-refractivity contribution in [1.29, 1.82) is 0 Å². The number of ether oxygens (including phenoxy) is 1. The van der Waals surface area contributed by atoms with Crippen molar-refractivity contribution in [3.05, 3.63) is 18.2 Å². The minimum Gasteiger partial charge on any atom is -0.369 e. The first-order valence-electron chi connectivity index (χ1n) is 6.98. The second-order valence-corrected chi connectivity index (χ2v) is 5.22. The van der Waals surface area contributed by atoms with E-state index in [1.807, 2.05) is 33.3 Å². The Morgan fingerprint density at radius 3 is 3.21 bits per heavy atom. The normalized spacial score (nSPS) is 19.8. The van der Waals surface area contributed by atoms with Crippen LogP contribution in [0.5, 0.6) is 0 Å². The number of fused-ring (bicyclic) bond motifs is 1. The fourth-order valence-electron chi connectivity index (χ4n) is 2.70. The molecule has 0 radical (unpaired) electrons. The third kappa shape index (κ3) is 3.35. The minimum atomic E-state index is -0.345. The number of hydrogen-bond donors (Lipinski definition) is 0. The average molecular weight is 265 g/mol. The summed E-state index contributed by atoms with van der Waals surface area (Å²) >= 11 is 0. The maximum absolute atomic E-state index is 12.1. The molecule has 1 aromatic rings. The van der Waals surface area contributed by atoms with Gasteiger partial charge in [0, 0.05) is 45.6 Å². The number of likely N-dealkylation sites (N-methyl/N-ethyl adjacent to an activating group) is 1. The fourth-order valence-corrected chi connectivity index (χ4v) is 2.70. The third-order valence-corrected chi connectivity index (χ3v) is 3.71. The van der Waals surface area contributed by atoms with Gasteiger partial charge in [-0.2, -0.15) is 0 Å². The summed E-state index contributed by atoms with van der Waals surface area (Å²) in [5.74, 6) is 1.73. The van der Waals surface area contributed by atoms with E-state index < -0.39 is 0 Å². The quantitative estimate of drug-likeness (QED) is 0.807. The Bertz CT molecular complexity index is 430. The molecule has 0 aromatic carbocycles. The van der Waals surface area contributed by atoms with Gasteiger partial charge in [0.2, 0.25) is 0 Å². The number of rotatable bonds is 5. The zero-order chi connectivity index (χ0) is 13.8. The highest BCUT2D eigenvalue weighted by Gasteiger charge is 2.24. The van der Waals surface area contributed by atoms with Crippen LogP contribution in [0.25, 0.3) is 0 Å². The highest BCUT2D eigenvalue weighted by Crippen LogP contribution is 2.19. The molecule has 0 N–H and O–H groups in total. The van der Waals surface area contributed by atoms with Gasteiger partial charge < -0.3 is 14.2 Å². The summed E-state index contributed by atoms with van der Waals surface area (Å²) in [6.07, 6.45) is 5.62. The molecular weight excluding hydrogens is 242 g/mol. The Morgan fingerprint density at radius 1 is 1.68 bits per heavy atom. The van der Waals surface area contributed by atoms with Crippen LogP contribution in [-0.4, -0.2) is 46.7 Å². The van der Waals surface area contributed by atoms with Gasteiger partial charge in [0.25, 0.3) is 5.91 Å². The molecule has 2 unspecified atom stereocenters. The number of aryl methyl sites for hydroxylation is 1. The lowest BCUT2D eigenvalue weighted by atomic mass is 9.99. The molecule has 2 heterocycles. The van der Waals surface area contributed by atoms with Crippen LogP contribution in [-0.2, 0) is 22.5 Å². The Labute approximate surface area is 114 Å². The van der Waals surface area contributed by atoms with Crippen LogP contribution in [0.3, 0.4) is 0 Å². The third-order valence-electron chi connectivity index (χ3n) is 3.71. The van der Waals surface area contributed by atoms with E-state index in [0.29, 0.717) is 12.5 Å². The van der Waals surface area contributed by atoms with E-state index in [4.69, 9.17) is 4.74 Å². The van der Waals surface area contributed by atoms with Crippen LogP contribution in [0.2, 0.25) is 0 Å². The van der Waals surface area contributed by atoms with Crippen LogP contribution >= 0.6 is 0 Å². The first kappa shape index (κ1) is 14.1. The highest BCUT2D eigenvalue weighted by molar-refractivity contribution is 5.80. The van der Waals surface area contributed by atoms with E-state index in [1.165, 1.54) is 0 Å². The second kappa shape index (κ2) is 6.19. The van der Waals surface area contributed by atoms with Crippen molar-refractivity contribution in [3.63, 3.8) is 0 Å². The maximum Gasteiger partial charge on any atom is 0.251 e. The van der Waals surface area contributed by atoms with Crippen LogP contribution in [0, 0.1) is 5.92 Å². The number of hydrogen-bond acceptors (Lipinski definition) is 3. The molecule has 106 valence electrons.